The van der Waals surface area contributed by atoms with Gasteiger partial charge >= 0.3 is 0 Å². The Morgan fingerprint density at radius 3 is 2.62 bits per heavy atom. The Morgan fingerprint density at radius 1 is 1.52 bits per heavy atom. The van der Waals surface area contributed by atoms with Crippen LogP contribution in [0.1, 0.15) is 30.8 Å². The maximum atomic E-state index is 12.2. The quantitative estimate of drug-likeness (QED) is 0.733. The monoisotopic (exact) mass is 335 g/mol. The fraction of sp³-hybridized carbons (Fsp3) is 0.583. The minimum atomic E-state index is -3.84. The number of primary sulfonamides is 1. The molecule has 0 aromatic carbocycles. The highest BCUT2D eigenvalue weighted by Gasteiger charge is 2.19. The summed E-state index contributed by atoms with van der Waals surface area (Å²) in [5.74, 6) is 0.125. The van der Waals surface area contributed by atoms with Gasteiger partial charge in [0.2, 0.25) is 10.0 Å². The molecule has 0 aliphatic rings. The molecule has 2 atom stereocenters. The number of carbonyl (C=O) groups excluding carboxylic acids is 1. The molecule has 0 aliphatic carbocycles. The minimum absolute atomic E-state index is 0.0863. The number of amides is 1. The Balaban J connectivity index is 2.87. The van der Waals surface area contributed by atoms with Gasteiger partial charge in [-0.1, -0.05) is 0 Å². The average molecular weight is 335 g/mol. The van der Waals surface area contributed by atoms with E-state index >= 15 is 0 Å². The van der Waals surface area contributed by atoms with Gasteiger partial charge in [-0.25, -0.2) is 13.6 Å². The number of sulfonamides is 1. The molecular weight excluding hydrogens is 314 g/mol. The summed E-state index contributed by atoms with van der Waals surface area (Å²) in [5.41, 5.74) is 0.242. The van der Waals surface area contributed by atoms with Gasteiger partial charge in [0.1, 0.15) is 10.6 Å². The first-order valence-electron chi connectivity index (χ1n) is 6.49. The summed E-state index contributed by atoms with van der Waals surface area (Å²) in [6.45, 7) is 4.06. The van der Waals surface area contributed by atoms with Gasteiger partial charge in [0.15, 0.2) is 0 Å². The molecule has 0 bridgehead atoms. The molecule has 0 saturated heterocycles. The first-order chi connectivity index (χ1) is 9.65. The minimum Gasteiger partial charge on any atom is -0.348 e. The largest absolute Gasteiger partial charge is 0.348 e. The fourth-order valence-corrected chi connectivity index (χ4v) is 3.04. The van der Waals surface area contributed by atoms with E-state index in [9.17, 15) is 17.4 Å². The van der Waals surface area contributed by atoms with Crippen molar-refractivity contribution in [2.45, 2.75) is 37.8 Å². The number of rotatable bonds is 7. The third kappa shape index (κ3) is 5.25. The van der Waals surface area contributed by atoms with Crippen LogP contribution in [0.15, 0.2) is 17.2 Å². The maximum absolute atomic E-state index is 12.2. The van der Waals surface area contributed by atoms with Crippen LogP contribution in [-0.2, 0) is 27.4 Å². The second-order valence-corrected chi connectivity index (χ2v) is 7.95. The Bertz CT molecular complexity index is 637. The lowest BCUT2D eigenvalue weighted by molar-refractivity contribution is 0.0930. The van der Waals surface area contributed by atoms with Crippen molar-refractivity contribution in [1.82, 2.24) is 9.88 Å². The molecule has 1 amide bonds. The molecule has 7 nitrogen and oxygen atoms in total. The highest BCUT2D eigenvalue weighted by molar-refractivity contribution is 7.89. The van der Waals surface area contributed by atoms with Gasteiger partial charge < -0.3 is 9.88 Å². The second-order valence-electron chi connectivity index (χ2n) is 4.83. The SMILES string of the molecule is CCn1cc(S(N)(=O)=O)cc1C(=O)NC(C)CCS(C)=O. The molecule has 1 heterocycles. The smallest absolute Gasteiger partial charge is 0.268 e. The van der Waals surface area contributed by atoms with Crippen molar-refractivity contribution in [3.05, 3.63) is 18.0 Å². The van der Waals surface area contributed by atoms with E-state index in [-0.39, 0.29) is 22.5 Å². The fourth-order valence-electron chi connectivity index (χ4n) is 1.80. The summed E-state index contributed by atoms with van der Waals surface area (Å²) in [7, 11) is -4.75. The van der Waals surface area contributed by atoms with Crippen LogP contribution in [0.2, 0.25) is 0 Å². The van der Waals surface area contributed by atoms with Crippen molar-refractivity contribution in [2.24, 2.45) is 5.14 Å². The molecule has 0 aliphatic heterocycles. The number of hydrogen-bond acceptors (Lipinski definition) is 4. The number of hydrogen-bond donors (Lipinski definition) is 2. The summed E-state index contributed by atoms with van der Waals surface area (Å²) in [6, 6.07) is 1.11. The van der Waals surface area contributed by atoms with Crippen LogP contribution in [0.4, 0.5) is 0 Å². The zero-order valence-electron chi connectivity index (χ0n) is 12.3. The molecule has 0 fully saturated rings. The van der Waals surface area contributed by atoms with E-state index in [4.69, 9.17) is 5.14 Å². The van der Waals surface area contributed by atoms with Gasteiger partial charge in [-0.3, -0.25) is 9.00 Å². The van der Waals surface area contributed by atoms with Gasteiger partial charge in [0, 0.05) is 41.6 Å². The molecule has 3 N–H and O–H groups in total. The third-order valence-electron chi connectivity index (χ3n) is 2.99. The molecule has 1 aromatic rings. The number of carbonyl (C=O) groups is 1. The van der Waals surface area contributed by atoms with Crippen molar-refractivity contribution >= 4 is 26.7 Å². The predicted octanol–water partition coefficient (Wildman–Crippen LogP) is 0.0423. The van der Waals surface area contributed by atoms with Crippen LogP contribution >= 0.6 is 0 Å². The summed E-state index contributed by atoms with van der Waals surface area (Å²) < 4.78 is 35.2. The predicted molar refractivity (Wildman–Crippen MR) is 82.0 cm³/mol. The van der Waals surface area contributed by atoms with E-state index in [1.807, 2.05) is 6.92 Å². The Morgan fingerprint density at radius 2 is 2.14 bits per heavy atom. The number of nitrogens with zero attached hydrogens (tertiary/aromatic N) is 1. The van der Waals surface area contributed by atoms with Crippen molar-refractivity contribution in [2.75, 3.05) is 12.0 Å². The maximum Gasteiger partial charge on any atom is 0.268 e. The third-order valence-corrected chi connectivity index (χ3v) is 4.68. The van der Waals surface area contributed by atoms with Crippen molar-refractivity contribution in [1.29, 1.82) is 0 Å². The van der Waals surface area contributed by atoms with Crippen molar-refractivity contribution in [3.8, 4) is 0 Å². The zero-order valence-corrected chi connectivity index (χ0v) is 14.0. The highest BCUT2D eigenvalue weighted by atomic mass is 32.2. The zero-order chi connectivity index (χ0) is 16.2. The van der Waals surface area contributed by atoms with E-state index in [0.717, 1.165) is 0 Å². The number of aryl methyl sites for hydroxylation is 1. The molecular formula is C12H21N3O4S2. The lowest BCUT2D eigenvalue weighted by Gasteiger charge is -2.14. The average Bonchev–Trinajstić information content (AvgIpc) is 2.80. The van der Waals surface area contributed by atoms with Crippen molar-refractivity contribution < 1.29 is 17.4 Å². The van der Waals surface area contributed by atoms with Gasteiger partial charge in [-0.2, -0.15) is 0 Å². The molecule has 0 radical (unpaired) electrons. The summed E-state index contributed by atoms with van der Waals surface area (Å²) >= 11 is 0. The molecule has 21 heavy (non-hydrogen) atoms. The Kier molecular flexibility index (Phi) is 6.11. The van der Waals surface area contributed by atoms with Crippen LogP contribution in [-0.4, -0.2) is 41.2 Å². The number of nitrogens with two attached hydrogens (primary N) is 1. The summed E-state index contributed by atoms with van der Waals surface area (Å²) in [6.07, 6.45) is 3.54. The molecule has 9 heteroatoms. The lowest BCUT2D eigenvalue weighted by Crippen LogP contribution is -2.34. The summed E-state index contributed by atoms with van der Waals surface area (Å²) in [4.78, 5) is 12.1. The van der Waals surface area contributed by atoms with Crippen molar-refractivity contribution in [3.63, 3.8) is 0 Å². The highest BCUT2D eigenvalue weighted by Crippen LogP contribution is 2.13. The molecule has 2 unspecified atom stereocenters. The lowest BCUT2D eigenvalue weighted by atomic mass is 10.2. The first-order valence-corrected chi connectivity index (χ1v) is 9.76. The molecule has 1 aromatic heterocycles. The molecule has 120 valence electrons. The van der Waals surface area contributed by atoms with E-state index in [1.54, 1.807) is 13.2 Å². The molecule has 1 rings (SSSR count). The second kappa shape index (κ2) is 7.19. The van der Waals surface area contributed by atoms with Crippen LogP contribution < -0.4 is 10.5 Å². The Hall–Kier alpha value is -1.19. The standard InChI is InChI=1S/C12H21N3O4S2/c1-4-15-8-10(21(13,18)19)7-11(15)12(16)14-9(2)5-6-20(3)17/h7-9H,4-6H2,1-3H3,(H,14,16)(H2,13,18,19). The normalized spacial score (nSPS) is 14.7. The van der Waals surface area contributed by atoms with E-state index in [0.29, 0.717) is 18.7 Å². The summed E-state index contributed by atoms with van der Waals surface area (Å²) in [5, 5.41) is 7.83. The molecule has 0 spiro atoms. The first kappa shape index (κ1) is 17.9. The Labute approximate surface area is 127 Å². The van der Waals surface area contributed by atoms with Crippen LogP contribution in [0.25, 0.3) is 0 Å². The van der Waals surface area contributed by atoms with E-state index < -0.39 is 20.8 Å². The number of aromatic nitrogens is 1. The van der Waals surface area contributed by atoms with Crippen LogP contribution in [0, 0.1) is 0 Å². The van der Waals surface area contributed by atoms with Crippen LogP contribution in [0.3, 0.4) is 0 Å². The van der Waals surface area contributed by atoms with E-state index in [2.05, 4.69) is 5.32 Å². The van der Waals surface area contributed by atoms with Gasteiger partial charge in [0.25, 0.3) is 5.91 Å². The molecule has 0 saturated carbocycles. The topological polar surface area (TPSA) is 111 Å². The number of nitrogens with one attached hydrogen (secondary N) is 1. The van der Waals surface area contributed by atoms with E-state index in [1.165, 1.54) is 16.8 Å². The van der Waals surface area contributed by atoms with Gasteiger partial charge in [0.05, 0.1) is 0 Å². The van der Waals surface area contributed by atoms with Crippen LogP contribution in [0.5, 0.6) is 0 Å². The van der Waals surface area contributed by atoms with Gasteiger partial charge in [-0.15, -0.1) is 0 Å². The van der Waals surface area contributed by atoms with Gasteiger partial charge in [-0.05, 0) is 26.3 Å².